The van der Waals surface area contributed by atoms with Crippen LogP contribution in [0.1, 0.15) is 5.56 Å². The second-order valence-corrected chi connectivity index (χ2v) is 4.87. The minimum Gasteiger partial charge on any atom is -0.496 e. The van der Waals surface area contributed by atoms with Crippen LogP contribution in [0.15, 0.2) is 42.7 Å². The summed E-state index contributed by atoms with van der Waals surface area (Å²) in [6, 6.07) is 9.15. The van der Waals surface area contributed by atoms with Gasteiger partial charge >= 0.3 is 0 Å². The van der Waals surface area contributed by atoms with Crippen LogP contribution in [0.25, 0.3) is 16.9 Å². The molecular weight excluding hydrogens is 276 g/mol. The molecule has 4 nitrogen and oxygen atoms in total. The third kappa shape index (κ3) is 2.24. The molecule has 3 rings (SSSR count). The maximum absolute atomic E-state index is 9.17. The summed E-state index contributed by atoms with van der Waals surface area (Å²) < 4.78 is 7.22. The van der Waals surface area contributed by atoms with Crippen molar-refractivity contribution in [3.05, 3.63) is 53.3 Å². The fourth-order valence-corrected chi connectivity index (χ4v) is 2.31. The highest BCUT2D eigenvalue weighted by molar-refractivity contribution is 6.30. The van der Waals surface area contributed by atoms with Crippen molar-refractivity contribution in [2.75, 3.05) is 7.11 Å². The van der Waals surface area contributed by atoms with E-state index in [4.69, 9.17) is 21.4 Å². The summed E-state index contributed by atoms with van der Waals surface area (Å²) in [6.45, 7) is 0.00391. The number of nitrogens with zero attached hydrogens (tertiary/aromatic N) is 2. The molecule has 2 aromatic heterocycles. The van der Waals surface area contributed by atoms with E-state index in [0.717, 1.165) is 28.2 Å². The number of hydrogen-bond acceptors (Lipinski definition) is 3. The van der Waals surface area contributed by atoms with E-state index < -0.39 is 0 Å². The van der Waals surface area contributed by atoms with Crippen LogP contribution in [0.5, 0.6) is 5.75 Å². The van der Waals surface area contributed by atoms with Gasteiger partial charge in [0.1, 0.15) is 11.4 Å². The molecule has 1 N–H and O–H groups in total. The first-order valence-electron chi connectivity index (χ1n) is 6.13. The van der Waals surface area contributed by atoms with E-state index in [2.05, 4.69) is 4.98 Å². The van der Waals surface area contributed by atoms with Crippen molar-refractivity contribution in [1.82, 2.24) is 9.38 Å². The largest absolute Gasteiger partial charge is 0.496 e. The van der Waals surface area contributed by atoms with Crippen molar-refractivity contribution >= 4 is 17.2 Å². The van der Waals surface area contributed by atoms with Crippen molar-refractivity contribution < 1.29 is 9.84 Å². The zero-order chi connectivity index (χ0) is 14.1. The topological polar surface area (TPSA) is 46.8 Å². The molecular formula is C15H13ClN2O2. The second-order valence-electron chi connectivity index (χ2n) is 4.43. The van der Waals surface area contributed by atoms with Crippen LogP contribution in [-0.2, 0) is 6.61 Å². The molecule has 5 heteroatoms. The molecule has 0 atom stereocenters. The number of imidazole rings is 1. The lowest BCUT2D eigenvalue weighted by Crippen LogP contribution is -1.88. The highest BCUT2D eigenvalue weighted by Gasteiger charge is 2.11. The Labute approximate surface area is 121 Å². The number of hydrogen-bond donors (Lipinski definition) is 1. The van der Waals surface area contributed by atoms with Crippen molar-refractivity contribution in [3.63, 3.8) is 0 Å². The summed E-state index contributed by atoms with van der Waals surface area (Å²) >= 11 is 6.05. The number of aromatic nitrogens is 2. The van der Waals surface area contributed by atoms with E-state index in [1.807, 2.05) is 41.1 Å². The summed E-state index contributed by atoms with van der Waals surface area (Å²) in [6.07, 6.45) is 3.74. The van der Waals surface area contributed by atoms with Crippen molar-refractivity contribution in [2.24, 2.45) is 0 Å². The molecule has 20 heavy (non-hydrogen) atoms. The Kier molecular flexibility index (Phi) is 3.34. The minimum atomic E-state index is 0.00391. The van der Waals surface area contributed by atoms with Gasteiger partial charge in [-0.05, 0) is 29.8 Å². The van der Waals surface area contributed by atoms with Gasteiger partial charge in [-0.2, -0.15) is 0 Å². The number of fused-ring (bicyclic) bond motifs is 1. The number of aliphatic hydroxyl groups is 1. The summed E-state index contributed by atoms with van der Waals surface area (Å²) in [5.41, 5.74) is 3.26. The Morgan fingerprint density at radius 1 is 1.25 bits per heavy atom. The van der Waals surface area contributed by atoms with Crippen molar-refractivity contribution in [3.8, 4) is 17.0 Å². The molecule has 3 aromatic rings. The van der Waals surface area contributed by atoms with Crippen molar-refractivity contribution in [1.29, 1.82) is 0 Å². The number of aliphatic hydroxyl groups excluding tert-OH is 1. The molecule has 102 valence electrons. The molecule has 0 unspecified atom stereocenters. The van der Waals surface area contributed by atoms with E-state index in [-0.39, 0.29) is 6.61 Å². The van der Waals surface area contributed by atoms with E-state index in [1.165, 1.54) is 0 Å². The zero-order valence-corrected chi connectivity index (χ0v) is 11.6. The van der Waals surface area contributed by atoms with Gasteiger partial charge in [0.25, 0.3) is 0 Å². The molecule has 0 fully saturated rings. The standard InChI is InChI=1S/C15H13ClN2O2/c1-20-14-4-3-11(16)6-12(14)13-8-18-7-10(9-19)2-5-15(18)17-13/h2-8,19H,9H2,1H3. The Balaban J connectivity index is 2.17. The number of halogens is 1. The highest BCUT2D eigenvalue weighted by Crippen LogP contribution is 2.32. The molecule has 0 spiro atoms. The Morgan fingerprint density at radius 2 is 2.10 bits per heavy atom. The van der Waals surface area contributed by atoms with Gasteiger partial charge in [-0.3, -0.25) is 0 Å². The Morgan fingerprint density at radius 3 is 2.85 bits per heavy atom. The summed E-state index contributed by atoms with van der Waals surface area (Å²) in [7, 11) is 1.62. The van der Waals surface area contributed by atoms with E-state index in [9.17, 15) is 0 Å². The fourth-order valence-electron chi connectivity index (χ4n) is 2.14. The lowest BCUT2D eigenvalue weighted by Gasteiger charge is -2.05. The Bertz CT molecular complexity index is 768. The van der Waals surface area contributed by atoms with Gasteiger partial charge in [0.05, 0.1) is 19.4 Å². The highest BCUT2D eigenvalue weighted by atomic mass is 35.5. The van der Waals surface area contributed by atoms with Crippen LogP contribution < -0.4 is 4.74 Å². The SMILES string of the molecule is COc1ccc(Cl)cc1-c1cn2cc(CO)ccc2n1. The number of pyridine rings is 1. The molecule has 2 heterocycles. The Hall–Kier alpha value is -2.04. The van der Waals surface area contributed by atoms with Gasteiger partial charge in [0, 0.05) is 23.0 Å². The quantitative estimate of drug-likeness (QED) is 0.805. The van der Waals surface area contributed by atoms with Gasteiger partial charge < -0.3 is 14.2 Å². The smallest absolute Gasteiger partial charge is 0.137 e. The van der Waals surface area contributed by atoms with Gasteiger partial charge in [0.15, 0.2) is 0 Å². The van der Waals surface area contributed by atoms with Crippen LogP contribution in [0.3, 0.4) is 0 Å². The minimum absolute atomic E-state index is 0.00391. The monoisotopic (exact) mass is 288 g/mol. The first-order chi connectivity index (χ1) is 9.71. The van der Waals surface area contributed by atoms with Crippen LogP contribution in [0.2, 0.25) is 5.02 Å². The molecule has 0 radical (unpaired) electrons. The lowest BCUT2D eigenvalue weighted by atomic mass is 10.1. The molecule has 0 bridgehead atoms. The predicted molar refractivity (Wildman–Crippen MR) is 78.1 cm³/mol. The van der Waals surface area contributed by atoms with Gasteiger partial charge in [0.2, 0.25) is 0 Å². The fraction of sp³-hybridized carbons (Fsp3) is 0.133. The molecule has 0 aliphatic heterocycles. The third-order valence-corrected chi connectivity index (χ3v) is 3.37. The van der Waals surface area contributed by atoms with Gasteiger partial charge in [-0.15, -0.1) is 0 Å². The number of ether oxygens (including phenoxy) is 1. The first-order valence-corrected chi connectivity index (χ1v) is 6.51. The number of rotatable bonds is 3. The second kappa shape index (κ2) is 5.15. The van der Waals surface area contributed by atoms with Gasteiger partial charge in [-0.25, -0.2) is 4.98 Å². The summed E-state index contributed by atoms with van der Waals surface area (Å²) in [4.78, 5) is 4.55. The molecule has 0 aliphatic carbocycles. The number of methoxy groups -OCH3 is 1. The predicted octanol–water partition coefficient (Wildman–Crippen LogP) is 3.16. The van der Waals surface area contributed by atoms with E-state index in [0.29, 0.717) is 5.02 Å². The molecule has 0 aliphatic rings. The van der Waals surface area contributed by atoms with Gasteiger partial charge in [-0.1, -0.05) is 17.7 Å². The molecule has 0 saturated heterocycles. The lowest BCUT2D eigenvalue weighted by molar-refractivity contribution is 0.281. The molecule has 0 saturated carbocycles. The normalized spacial score (nSPS) is 10.9. The number of benzene rings is 1. The van der Waals surface area contributed by atoms with E-state index >= 15 is 0 Å². The first kappa shape index (κ1) is 13.0. The molecule has 1 aromatic carbocycles. The maximum Gasteiger partial charge on any atom is 0.137 e. The van der Waals surface area contributed by atoms with Crippen LogP contribution in [-0.4, -0.2) is 21.6 Å². The van der Waals surface area contributed by atoms with Crippen molar-refractivity contribution in [2.45, 2.75) is 6.61 Å². The summed E-state index contributed by atoms with van der Waals surface area (Å²) in [5, 5.41) is 9.80. The average Bonchev–Trinajstić information content (AvgIpc) is 2.89. The molecule has 0 amide bonds. The average molecular weight is 289 g/mol. The van der Waals surface area contributed by atoms with Crippen LogP contribution in [0, 0.1) is 0 Å². The van der Waals surface area contributed by atoms with Crippen LogP contribution in [0.4, 0.5) is 0 Å². The maximum atomic E-state index is 9.17. The third-order valence-electron chi connectivity index (χ3n) is 3.13. The van der Waals surface area contributed by atoms with Crippen LogP contribution >= 0.6 is 11.6 Å². The zero-order valence-electron chi connectivity index (χ0n) is 10.9. The summed E-state index contributed by atoms with van der Waals surface area (Å²) in [5.74, 6) is 0.722. The van der Waals surface area contributed by atoms with E-state index in [1.54, 1.807) is 13.2 Å².